The summed E-state index contributed by atoms with van der Waals surface area (Å²) in [7, 11) is 0. The predicted molar refractivity (Wildman–Crippen MR) is 182 cm³/mol. The summed E-state index contributed by atoms with van der Waals surface area (Å²) in [5.41, 5.74) is 10.1. The molecule has 0 aliphatic carbocycles. The Bertz CT molecular complexity index is 2190. The van der Waals surface area contributed by atoms with Gasteiger partial charge in [-0.25, -0.2) is 9.97 Å². The largest absolute Gasteiger partial charge is 0.311 e. The Labute approximate surface area is 256 Å². The molecular formula is C40H28N4. The Hall–Kier alpha value is -6.00. The highest BCUT2D eigenvalue weighted by Gasteiger charge is 2.16. The predicted octanol–water partition coefficient (Wildman–Crippen LogP) is 10.4. The SMILES string of the molecule is c1ccc(-c2ccc(N(c3ccccc3)c3ccc(-c4ccc5c(c4)c4cccnc4n5-c4ccccn4)cc3)cc2)cc1. The van der Waals surface area contributed by atoms with Gasteiger partial charge >= 0.3 is 0 Å². The fraction of sp³-hybridized carbons (Fsp3) is 0. The van der Waals surface area contributed by atoms with E-state index in [1.54, 1.807) is 0 Å². The molecule has 0 saturated carbocycles. The minimum Gasteiger partial charge on any atom is -0.311 e. The minimum atomic E-state index is 0.862. The van der Waals surface area contributed by atoms with E-state index in [9.17, 15) is 0 Å². The molecule has 0 saturated heterocycles. The first-order chi connectivity index (χ1) is 21.8. The van der Waals surface area contributed by atoms with Crippen LogP contribution in [0.4, 0.5) is 17.1 Å². The molecular weight excluding hydrogens is 536 g/mol. The lowest BCUT2D eigenvalue weighted by molar-refractivity contribution is 1.06. The number of anilines is 3. The Morgan fingerprint density at radius 1 is 0.409 bits per heavy atom. The van der Waals surface area contributed by atoms with Crippen LogP contribution < -0.4 is 4.90 Å². The molecule has 0 bridgehead atoms. The maximum Gasteiger partial charge on any atom is 0.146 e. The van der Waals surface area contributed by atoms with Crippen LogP contribution in [0.2, 0.25) is 0 Å². The molecule has 0 radical (unpaired) electrons. The number of para-hydroxylation sites is 1. The van der Waals surface area contributed by atoms with E-state index in [4.69, 9.17) is 4.98 Å². The number of benzene rings is 5. The highest BCUT2D eigenvalue weighted by atomic mass is 15.1. The van der Waals surface area contributed by atoms with Crippen LogP contribution in [-0.2, 0) is 0 Å². The summed E-state index contributed by atoms with van der Waals surface area (Å²) >= 11 is 0. The summed E-state index contributed by atoms with van der Waals surface area (Å²) in [6.45, 7) is 0. The molecule has 208 valence electrons. The highest BCUT2D eigenvalue weighted by molar-refractivity contribution is 6.09. The van der Waals surface area contributed by atoms with Gasteiger partial charge in [-0.2, -0.15) is 0 Å². The van der Waals surface area contributed by atoms with E-state index in [0.717, 1.165) is 55.9 Å². The molecule has 4 heteroatoms. The zero-order valence-electron chi connectivity index (χ0n) is 24.0. The second-order valence-corrected chi connectivity index (χ2v) is 10.8. The van der Waals surface area contributed by atoms with Crippen LogP contribution in [0.1, 0.15) is 0 Å². The van der Waals surface area contributed by atoms with Gasteiger partial charge in [-0.15, -0.1) is 0 Å². The normalized spacial score (nSPS) is 11.2. The maximum absolute atomic E-state index is 4.73. The van der Waals surface area contributed by atoms with Crippen LogP contribution in [0.15, 0.2) is 170 Å². The van der Waals surface area contributed by atoms with Gasteiger partial charge in [-0.1, -0.05) is 84.9 Å². The van der Waals surface area contributed by atoms with E-state index in [-0.39, 0.29) is 0 Å². The molecule has 8 rings (SSSR count). The van der Waals surface area contributed by atoms with Crippen LogP contribution >= 0.6 is 0 Å². The molecule has 0 aliphatic rings. The first-order valence-corrected chi connectivity index (χ1v) is 14.8. The van der Waals surface area contributed by atoms with Crippen molar-refractivity contribution in [1.29, 1.82) is 0 Å². The molecule has 44 heavy (non-hydrogen) atoms. The zero-order chi connectivity index (χ0) is 29.3. The summed E-state index contributed by atoms with van der Waals surface area (Å²) in [5.74, 6) is 0.862. The summed E-state index contributed by atoms with van der Waals surface area (Å²) in [6.07, 6.45) is 3.66. The van der Waals surface area contributed by atoms with Crippen LogP contribution in [0.5, 0.6) is 0 Å². The maximum atomic E-state index is 4.73. The molecule has 0 spiro atoms. The van der Waals surface area contributed by atoms with Crippen LogP contribution in [0.25, 0.3) is 50.0 Å². The Kier molecular flexibility index (Phi) is 6.43. The lowest BCUT2D eigenvalue weighted by Crippen LogP contribution is -2.09. The van der Waals surface area contributed by atoms with Crippen molar-refractivity contribution in [1.82, 2.24) is 14.5 Å². The van der Waals surface area contributed by atoms with Crippen molar-refractivity contribution in [3.05, 3.63) is 170 Å². The number of aromatic nitrogens is 3. The van der Waals surface area contributed by atoms with Crippen molar-refractivity contribution < 1.29 is 0 Å². The first kappa shape index (κ1) is 25.7. The van der Waals surface area contributed by atoms with Crippen molar-refractivity contribution >= 4 is 39.0 Å². The van der Waals surface area contributed by atoms with Gasteiger partial charge in [-0.05, 0) is 95.1 Å². The second-order valence-electron chi connectivity index (χ2n) is 10.8. The van der Waals surface area contributed by atoms with E-state index in [0.29, 0.717) is 0 Å². The lowest BCUT2D eigenvalue weighted by Gasteiger charge is -2.26. The van der Waals surface area contributed by atoms with Gasteiger partial charge in [0.15, 0.2) is 0 Å². The van der Waals surface area contributed by atoms with E-state index in [2.05, 4.69) is 148 Å². The highest BCUT2D eigenvalue weighted by Crippen LogP contribution is 2.38. The molecule has 4 nitrogen and oxygen atoms in total. The number of pyridine rings is 2. The van der Waals surface area contributed by atoms with Gasteiger partial charge in [0.05, 0.1) is 5.52 Å². The molecule has 3 aromatic heterocycles. The molecule has 0 fully saturated rings. The summed E-state index contributed by atoms with van der Waals surface area (Å²) < 4.78 is 2.14. The third kappa shape index (κ3) is 4.59. The zero-order valence-corrected chi connectivity index (χ0v) is 24.0. The fourth-order valence-electron chi connectivity index (χ4n) is 6.00. The first-order valence-electron chi connectivity index (χ1n) is 14.8. The van der Waals surface area contributed by atoms with Gasteiger partial charge in [0, 0.05) is 40.2 Å². The standard InChI is InChI=1S/C40H28N4/c1-3-10-29(11-4-1)30-16-21-34(22-17-30)43(33-12-5-2-6-13-33)35-23-18-31(19-24-35)32-20-25-38-37(28-32)36-14-9-27-42-40(36)44(38)39-15-7-8-26-41-39/h1-28H. The Balaban J connectivity index is 1.18. The average molecular weight is 565 g/mol. The third-order valence-corrected chi connectivity index (χ3v) is 8.11. The lowest BCUT2D eigenvalue weighted by atomic mass is 10.0. The fourth-order valence-corrected chi connectivity index (χ4v) is 6.00. The summed E-state index contributed by atoms with van der Waals surface area (Å²) in [4.78, 5) is 11.6. The monoisotopic (exact) mass is 564 g/mol. The molecule has 0 N–H and O–H groups in total. The van der Waals surface area contributed by atoms with Crippen molar-refractivity contribution in [2.24, 2.45) is 0 Å². The van der Waals surface area contributed by atoms with Gasteiger partial charge in [0.2, 0.25) is 0 Å². The summed E-state index contributed by atoms with van der Waals surface area (Å²) in [6, 6.07) is 55.4. The number of hydrogen-bond acceptors (Lipinski definition) is 3. The number of hydrogen-bond donors (Lipinski definition) is 0. The molecule has 8 aromatic rings. The van der Waals surface area contributed by atoms with E-state index in [1.165, 1.54) is 11.1 Å². The molecule has 3 heterocycles. The van der Waals surface area contributed by atoms with Gasteiger partial charge < -0.3 is 4.90 Å². The molecule has 0 aliphatic heterocycles. The Morgan fingerprint density at radius 2 is 0.977 bits per heavy atom. The van der Waals surface area contributed by atoms with Crippen LogP contribution in [0, 0.1) is 0 Å². The van der Waals surface area contributed by atoms with Crippen molar-refractivity contribution in [2.45, 2.75) is 0 Å². The number of fused-ring (bicyclic) bond motifs is 3. The van der Waals surface area contributed by atoms with E-state index in [1.807, 2.05) is 36.7 Å². The van der Waals surface area contributed by atoms with Crippen molar-refractivity contribution in [3.8, 4) is 28.1 Å². The quantitative estimate of drug-likeness (QED) is 0.201. The van der Waals surface area contributed by atoms with E-state index < -0.39 is 0 Å². The molecule has 0 amide bonds. The number of nitrogens with zero attached hydrogens (tertiary/aromatic N) is 4. The van der Waals surface area contributed by atoms with Crippen molar-refractivity contribution in [3.63, 3.8) is 0 Å². The topological polar surface area (TPSA) is 34.0 Å². The van der Waals surface area contributed by atoms with Gasteiger partial charge in [0.1, 0.15) is 11.5 Å². The number of rotatable bonds is 6. The van der Waals surface area contributed by atoms with E-state index >= 15 is 0 Å². The van der Waals surface area contributed by atoms with Crippen LogP contribution in [0.3, 0.4) is 0 Å². The second kappa shape index (κ2) is 11.0. The smallest absolute Gasteiger partial charge is 0.146 e. The molecule has 0 unspecified atom stereocenters. The van der Waals surface area contributed by atoms with Gasteiger partial charge in [0.25, 0.3) is 0 Å². The van der Waals surface area contributed by atoms with Crippen LogP contribution in [-0.4, -0.2) is 14.5 Å². The van der Waals surface area contributed by atoms with Gasteiger partial charge in [-0.3, -0.25) is 4.57 Å². The minimum absolute atomic E-state index is 0.862. The molecule has 0 atom stereocenters. The third-order valence-electron chi connectivity index (χ3n) is 8.11. The van der Waals surface area contributed by atoms with Crippen molar-refractivity contribution in [2.75, 3.05) is 4.90 Å². The molecule has 5 aromatic carbocycles. The Morgan fingerprint density at radius 3 is 1.66 bits per heavy atom. The average Bonchev–Trinajstić information content (AvgIpc) is 3.44. The summed E-state index contributed by atoms with van der Waals surface area (Å²) in [5, 5.41) is 2.27.